The van der Waals surface area contributed by atoms with Gasteiger partial charge in [0.25, 0.3) is 0 Å². The summed E-state index contributed by atoms with van der Waals surface area (Å²) in [6, 6.07) is 13.2. The average molecular weight is 289 g/mol. The lowest BCUT2D eigenvalue weighted by Gasteiger charge is -2.16. The molecule has 0 bridgehead atoms. The van der Waals surface area contributed by atoms with E-state index in [1.165, 1.54) is 0 Å². The molecule has 3 rings (SSSR count). The van der Waals surface area contributed by atoms with Crippen LogP contribution in [0.2, 0.25) is 5.02 Å². The summed E-state index contributed by atoms with van der Waals surface area (Å²) in [6.45, 7) is 4.14. The Hall–Kier alpha value is -1.51. The minimum Gasteiger partial charge on any atom is -0.487 e. The smallest absolute Gasteiger partial charge is 0.123 e. The van der Waals surface area contributed by atoms with E-state index in [9.17, 15) is 5.11 Å². The van der Waals surface area contributed by atoms with Crippen molar-refractivity contribution in [1.82, 2.24) is 0 Å². The Morgan fingerprint density at radius 2 is 1.90 bits per heavy atom. The molecule has 1 heterocycles. The molecule has 20 heavy (non-hydrogen) atoms. The minimum atomic E-state index is -0.664. The van der Waals surface area contributed by atoms with Crippen molar-refractivity contribution in [2.24, 2.45) is 0 Å². The molecule has 0 aliphatic carbocycles. The zero-order valence-electron chi connectivity index (χ0n) is 11.6. The average Bonchev–Trinajstić information content (AvgIpc) is 2.70. The van der Waals surface area contributed by atoms with E-state index >= 15 is 0 Å². The van der Waals surface area contributed by atoms with Gasteiger partial charge in [-0.1, -0.05) is 29.8 Å². The van der Waals surface area contributed by atoms with E-state index in [1.54, 1.807) is 12.1 Å². The molecule has 1 N–H and O–H groups in total. The molecule has 2 nitrogen and oxygen atoms in total. The van der Waals surface area contributed by atoms with E-state index in [4.69, 9.17) is 16.3 Å². The van der Waals surface area contributed by atoms with E-state index in [-0.39, 0.29) is 5.60 Å². The number of ether oxygens (including phenoxy) is 1. The highest BCUT2D eigenvalue weighted by atomic mass is 35.5. The molecule has 1 aliphatic heterocycles. The number of hydrogen-bond donors (Lipinski definition) is 1. The molecule has 104 valence electrons. The second-order valence-corrected chi connectivity index (χ2v) is 6.30. The van der Waals surface area contributed by atoms with E-state index in [0.717, 1.165) is 28.9 Å². The Balaban J connectivity index is 1.93. The minimum absolute atomic E-state index is 0.165. The van der Waals surface area contributed by atoms with E-state index in [2.05, 4.69) is 13.8 Å². The van der Waals surface area contributed by atoms with Crippen molar-refractivity contribution < 1.29 is 9.84 Å². The molecule has 0 saturated carbocycles. The molecule has 0 spiro atoms. The largest absolute Gasteiger partial charge is 0.487 e. The second kappa shape index (κ2) is 4.80. The number of aliphatic hydroxyl groups is 1. The van der Waals surface area contributed by atoms with Crippen molar-refractivity contribution in [3.8, 4) is 5.75 Å². The zero-order valence-corrected chi connectivity index (χ0v) is 12.3. The summed E-state index contributed by atoms with van der Waals surface area (Å²) in [6.07, 6.45) is 0.195. The molecule has 3 heteroatoms. The van der Waals surface area contributed by atoms with Gasteiger partial charge in [0, 0.05) is 11.4 Å². The van der Waals surface area contributed by atoms with Crippen LogP contribution >= 0.6 is 11.6 Å². The highest BCUT2D eigenvalue weighted by molar-refractivity contribution is 6.30. The summed E-state index contributed by atoms with van der Waals surface area (Å²) in [4.78, 5) is 0. The third-order valence-corrected chi connectivity index (χ3v) is 3.80. The highest BCUT2D eigenvalue weighted by Crippen LogP contribution is 2.37. The lowest BCUT2D eigenvalue weighted by molar-refractivity contribution is 0.138. The third kappa shape index (κ3) is 2.54. The Morgan fingerprint density at radius 3 is 2.65 bits per heavy atom. The molecule has 0 radical (unpaired) electrons. The Kier molecular flexibility index (Phi) is 3.23. The Labute approximate surface area is 124 Å². The number of aliphatic hydroxyl groups excluding tert-OH is 1. The predicted molar refractivity (Wildman–Crippen MR) is 80.4 cm³/mol. The maximum absolute atomic E-state index is 10.5. The Morgan fingerprint density at radius 1 is 1.15 bits per heavy atom. The van der Waals surface area contributed by atoms with Crippen LogP contribution in [0.5, 0.6) is 5.75 Å². The van der Waals surface area contributed by atoms with Gasteiger partial charge in [-0.3, -0.25) is 0 Å². The standard InChI is InChI=1S/C17H17ClO2/c1-17(2)10-13-8-12(6-7-15(13)20-17)16(19)11-4-3-5-14(18)9-11/h3-9,16,19H,10H2,1-2H3. The first-order chi connectivity index (χ1) is 9.44. The molecule has 2 aromatic carbocycles. The monoisotopic (exact) mass is 288 g/mol. The van der Waals surface area contributed by atoms with E-state index < -0.39 is 6.10 Å². The van der Waals surface area contributed by atoms with Crippen molar-refractivity contribution in [3.63, 3.8) is 0 Å². The van der Waals surface area contributed by atoms with Gasteiger partial charge in [0.05, 0.1) is 0 Å². The molecule has 2 aromatic rings. The lowest BCUT2D eigenvalue weighted by Crippen LogP contribution is -2.24. The fourth-order valence-corrected chi connectivity index (χ4v) is 2.87. The number of benzene rings is 2. The van der Waals surface area contributed by atoms with Crippen molar-refractivity contribution >= 4 is 11.6 Å². The number of halogens is 1. The molecule has 0 amide bonds. The van der Waals surface area contributed by atoms with Crippen molar-refractivity contribution in [3.05, 3.63) is 64.2 Å². The quantitative estimate of drug-likeness (QED) is 0.900. The van der Waals surface area contributed by atoms with E-state index in [1.807, 2.05) is 30.3 Å². The van der Waals surface area contributed by atoms with Crippen LogP contribution in [0.4, 0.5) is 0 Å². The SMILES string of the molecule is CC1(C)Cc2cc(C(O)c3cccc(Cl)c3)ccc2O1. The van der Waals surface area contributed by atoms with Gasteiger partial charge < -0.3 is 9.84 Å². The van der Waals surface area contributed by atoms with Crippen LogP contribution in [-0.4, -0.2) is 10.7 Å². The van der Waals surface area contributed by atoms with E-state index in [0.29, 0.717) is 5.02 Å². The van der Waals surface area contributed by atoms with Crippen LogP contribution in [0, 0.1) is 0 Å². The van der Waals surface area contributed by atoms with Crippen LogP contribution in [0.15, 0.2) is 42.5 Å². The highest BCUT2D eigenvalue weighted by Gasteiger charge is 2.30. The van der Waals surface area contributed by atoms with Gasteiger partial charge in [-0.05, 0) is 54.8 Å². The van der Waals surface area contributed by atoms with Gasteiger partial charge in [0.2, 0.25) is 0 Å². The van der Waals surface area contributed by atoms with Crippen LogP contribution in [0.3, 0.4) is 0 Å². The first kappa shape index (κ1) is 13.5. The van der Waals surface area contributed by atoms with Gasteiger partial charge in [0.1, 0.15) is 17.5 Å². The molecule has 1 atom stereocenters. The predicted octanol–water partition coefficient (Wildman–Crippen LogP) is 4.14. The van der Waals surface area contributed by atoms with Crippen LogP contribution in [0.25, 0.3) is 0 Å². The molecule has 1 aliphatic rings. The van der Waals surface area contributed by atoms with Crippen LogP contribution < -0.4 is 4.74 Å². The van der Waals surface area contributed by atoms with Gasteiger partial charge in [-0.25, -0.2) is 0 Å². The molecule has 0 fully saturated rings. The normalized spacial score (nSPS) is 17.4. The number of rotatable bonds is 2. The Bertz CT molecular complexity index is 649. The number of fused-ring (bicyclic) bond motifs is 1. The van der Waals surface area contributed by atoms with Gasteiger partial charge in [-0.2, -0.15) is 0 Å². The molecule has 0 aromatic heterocycles. The van der Waals surface area contributed by atoms with Crippen LogP contribution in [0.1, 0.15) is 36.6 Å². The molecule has 1 unspecified atom stereocenters. The molecular formula is C17H17ClO2. The molecular weight excluding hydrogens is 272 g/mol. The first-order valence-corrected chi connectivity index (χ1v) is 7.08. The van der Waals surface area contributed by atoms with Gasteiger partial charge in [-0.15, -0.1) is 0 Å². The maximum Gasteiger partial charge on any atom is 0.123 e. The summed E-state index contributed by atoms with van der Waals surface area (Å²) in [5.74, 6) is 0.914. The second-order valence-electron chi connectivity index (χ2n) is 5.86. The summed E-state index contributed by atoms with van der Waals surface area (Å²) < 4.78 is 5.85. The lowest BCUT2D eigenvalue weighted by atomic mass is 9.96. The maximum atomic E-state index is 10.5. The topological polar surface area (TPSA) is 29.5 Å². The van der Waals surface area contributed by atoms with Crippen molar-refractivity contribution in [2.75, 3.05) is 0 Å². The van der Waals surface area contributed by atoms with Gasteiger partial charge in [0.15, 0.2) is 0 Å². The zero-order chi connectivity index (χ0) is 14.3. The first-order valence-electron chi connectivity index (χ1n) is 6.70. The summed E-state index contributed by atoms with van der Waals surface area (Å²) in [5.41, 5.74) is 2.65. The van der Waals surface area contributed by atoms with Gasteiger partial charge >= 0.3 is 0 Å². The van der Waals surface area contributed by atoms with Crippen LogP contribution in [-0.2, 0) is 6.42 Å². The van der Waals surface area contributed by atoms with Crippen molar-refractivity contribution in [1.29, 1.82) is 0 Å². The third-order valence-electron chi connectivity index (χ3n) is 3.57. The fraction of sp³-hybridized carbons (Fsp3) is 0.294. The fourth-order valence-electron chi connectivity index (χ4n) is 2.67. The number of hydrogen-bond acceptors (Lipinski definition) is 2. The van der Waals surface area contributed by atoms with Crippen molar-refractivity contribution in [2.45, 2.75) is 32.0 Å². The molecule has 0 saturated heterocycles. The summed E-state index contributed by atoms with van der Waals surface area (Å²) in [5, 5.41) is 11.1. The summed E-state index contributed by atoms with van der Waals surface area (Å²) in [7, 11) is 0. The summed E-state index contributed by atoms with van der Waals surface area (Å²) >= 11 is 5.98.